The monoisotopic (exact) mass is 300 g/mol. The van der Waals surface area contributed by atoms with E-state index in [4.69, 9.17) is 5.11 Å². The van der Waals surface area contributed by atoms with Gasteiger partial charge in [0, 0.05) is 17.8 Å². The molecule has 0 unspecified atom stereocenters. The number of anilines is 1. The van der Waals surface area contributed by atoms with E-state index in [2.05, 4.69) is 5.32 Å². The Kier molecular flexibility index (Phi) is 4.17. The summed E-state index contributed by atoms with van der Waals surface area (Å²) < 4.78 is 0. The van der Waals surface area contributed by atoms with E-state index in [1.165, 1.54) is 0 Å². The Balaban J connectivity index is 2.38. The normalized spacial score (nSPS) is 10.0. The van der Waals surface area contributed by atoms with Gasteiger partial charge in [-0.05, 0) is 25.1 Å². The lowest BCUT2D eigenvalue weighted by Gasteiger charge is -2.08. The van der Waals surface area contributed by atoms with Crippen molar-refractivity contribution in [1.29, 1.82) is 0 Å². The summed E-state index contributed by atoms with van der Waals surface area (Å²) in [7, 11) is 0. The van der Waals surface area contributed by atoms with Crippen LogP contribution in [0.5, 0.6) is 0 Å². The van der Waals surface area contributed by atoms with E-state index in [1.807, 2.05) is 6.92 Å². The minimum atomic E-state index is -1.33. The molecule has 0 aliphatic carbocycles. The molecule has 0 aliphatic rings. The maximum Gasteiger partial charge on any atom is 0.336 e. The van der Waals surface area contributed by atoms with Gasteiger partial charge in [0.1, 0.15) is 0 Å². The Hall–Kier alpha value is -3.22. The van der Waals surface area contributed by atoms with Crippen molar-refractivity contribution >= 4 is 23.3 Å². The molecule has 2 aromatic rings. The van der Waals surface area contributed by atoms with Gasteiger partial charge in [-0.25, -0.2) is 4.79 Å². The fourth-order valence-electron chi connectivity index (χ4n) is 1.86. The Bertz CT molecular complexity index is 753. The van der Waals surface area contributed by atoms with Gasteiger partial charge in [-0.2, -0.15) is 0 Å². The van der Waals surface area contributed by atoms with Crippen molar-refractivity contribution in [3.8, 4) is 0 Å². The highest BCUT2D eigenvalue weighted by atomic mass is 16.6. The lowest BCUT2D eigenvalue weighted by atomic mass is 10.1. The first-order chi connectivity index (χ1) is 10.4. The molecule has 2 aromatic carbocycles. The van der Waals surface area contributed by atoms with Gasteiger partial charge in [-0.1, -0.05) is 17.7 Å². The van der Waals surface area contributed by atoms with Crippen LogP contribution in [0.25, 0.3) is 0 Å². The summed E-state index contributed by atoms with van der Waals surface area (Å²) in [6.45, 7) is 1.88. The van der Waals surface area contributed by atoms with Crippen LogP contribution in [0, 0.1) is 17.0 Å². The number of aromatic carboxylic acids is 1. The third-order valence-electron chi connectivity index (χ3n) is 3.00. The molecule has 0 aliphatic heterocycles. The van der Waals surface area contributed by atoms with E-state index < -0.39 is 16.8 Å². The first kappa shape index (κ1) is 15.2. The number of amides is 1. The first-order valence-corrected chi connectivity index (χ1v) is 6.28. The maximum absolute atomic E-state index is 12.2. The van der Waals surface area contributed by atoms with Crippen molar-refractivity contribution in [2.75, 3.05) is 5.32 Å². The number of carboxylic acid groups (broad SMARTS) is 1. The van der Waals surface area contributed by atoms with Crippen LogP contribution < -0.4 is 5.32 Å². The van der Waals surface area contributed by atoms with E-state index in [9.17, 15) is 19.7 Å². The Morgan fingerprint density at radius 1 is 1.09 bits per heavy atom. The molecule has 7 heteroatoms. The van der Waals surface area contributed by atoms with Crippen LogP contribution >= 0.6 is 0 Å². The molecule has 0 heterocycles. The van der Waals surface area contributed by atoms with Crippen LogP contribution in [0.2, 0.25) is 0 Å². The fraction of sp³-hybridized carbons (Fsp3) is 0.0667. The summed E-state index contributed by atoms with van der Waals surface area (Å²) in [5.74, 6) is -2.05. The van der Waals surface area contributed by atoms with Gasteiger partial charge in [0.25, 0.3) is 11.6 Å². The van der Waals surface area contributed by atoms with Crippen molar-refractivity contribution in [3.63, 3.8) is 0 Å². The molecule has 22 heavy (non-hydrogen) atoms. The minimum absolute atomic E-state index is 0.262. The van der Waals surface area contributed by atoms with Crippen molar-refractivity contribution in [3.05, 3.63) is 69.3 Å². The second-order valence-corrected chi connectivity index (χ2v) is 4.61. The molecule has 1 amide bonds. The number of carbonyl (C=O) groups is 2. The number of benzene rings is 2. The van der Waals surface area contributed by atoms with Crippen LogP contribution in [0.1, 0.15) is 26.3 Å². The van der Waals surface area contributed by atoms with Crippen molar-refractivity contribution in [2.24, 2.45) is 0 Å². The quantitative estimate of drug-likeness (QED) is 0.666. The third-order valence-corrected chi connectivity index (χ3v) is 3.00. The van der Waals surface area contributed by atoms with E-state index >= 15 is 0 Å². The number of nitrogens with one attached hydrogen (secondary N) is 1. The summed E-state index contributed by atoms with van der Waals surface area (Å²) in [6.07, 6.45) is 0. The first-order valence-electron chi connectivity index (χ1n) is 6.28. The lowest BCUT2D eigenvalue weighted by molar-refractivity contribution is -0.384. The van der Waals surface area contributed by atoms with Gasteiger partial charge >= 0.3 is 5.97 Å². The van der Waals surface area contributed by atoms with E-state index in [0.29, 0.717) is 5.69 Å². The molecule has 0 fully saturated rings. The predicted molar refractivity (Wildman–Crippen MR) is 79.2 cm³/mol. The summed E-state index contributed by atoms with van der Waals surface area (Å²) in [5, 5.41) is 22.4. The number of carboxylic acids is 1. The Morgan fingerprint density at radius 3 is 2.27 bits per heavy atom. The fourth-order valence-corrected chi connectivity index (χ4v) is 1.86. The topological polar surface area (TPSA) is 110 Å². The van der Waals surface area contributed by atoms with Crippen LogP contribution in [-0.4, -0.2) is 21.9 Å². The zero-order chi connectivity index (χ0) is 16.3. The third kappa shape index (κ3) is 3.26. The van der Waals surface area contributed by atoms with E-state index in [1.54, 1.807) is 24.3 Å². The number of hydrogen-bond donors (Lipinski definition) is 2. The number of carbonyl (C=O) groups excluding carboxylic acids is 1. The Labute approximate surface area is 125 Å². The number of nitrogens with zero attached hydrogens (tertiary/aromatic N) is 1. The zero-order valence-electron chi connectivity index (χ0n) is 11.6. The highest BCUT2D eigenvalue weighted by Crippen LogP contribution is 2.20. The molecule has 0 radical (unpaired) electrons. The summed E-state index contributed by atoms with van der Waals surface area (Å²) in [6, 6.07) is 9.92. The average molecular weight is 300 g/mol. The van der Waals surface area contributed by atoms with Crippen LogP contribution in [0.4, 0.5) is 11.4 Å². The summed E-state index contributed by atoms with van der Waals surface area (Å²) in [5.41, 5.74) is 0.564. The Morgan fingerprint density at radius 2 is 1.73 bits per heavy atom. The number of aryl methyl sites for hydroxylation is 1. The smallest absolute Gasteiger partial charge is 0.336 e. The second-order valence-electron chi connectivity index (χ2n) is 4.61. The summed E-state index contributed by atoms with van der Waals surface area (Å²) in [4.78, 5) is 33.4. The molecule has 0 aromatic heterocycles. The highest BCUT2D eigenvalue weighted by Gasteiger charge is 2.20. The molecule has 0 spiro atoms. The van der Waals surface area contributed by atoms with Crippen LogP contribution in [0.15, 0.2) is 42.5 Å². The van der Waals surface area contributed by atoms with Crippen LogP contribution in [-0.2, 0) is 0 Å². The number of rotatable bonds is 4. The van der Waals surface area contributed by atoms with Gasteiger partial charge in [0.2, 0.25) is 0 Å². The van der Waals surface area contributed by atoms with Gasteiger partial charge in [-0.3, -0.25) is 14.9 Å². The SMILES string of the molecule is Cc1ccc(NC(=O)c2cc([N+](=O)[O-])ccc2C(=O)O)cc1. The van der Waals surface area contributed by atoms with Crippen molar-refractivity contribution in [2.45, 2.75) is 6.92 Å². The molecule has 0 saturated carbocycles. The van der Waals surface area contributed by atoms with E-state index in [0.717, 1.165) is 23.8 Å². The van der Waals surface area contributed by atoms with E-state index in [-0.39, 0.29) is 16.8 Å². The lowest BCUT2D eigenvalue weighted by Crippen LogP contribution is -2.16. The molecule has 7 nitrogen and oxygen atoms in total. The van der Waals surface area contributed by atoms with Gasteiger partial charge in [-0.15, -0.1) is 0 Å². The van der Waals surface area contributed by atoms with Crippen molar-refractivity contribution < 1.29 is 19.6 Å². The molecule has 2 rings (SSSR count). The second kappa shape index (κ2) is 6.04. The molecule has 0 saturated heterocycles. The largest absolute Gasteiger partial charge is 0.478 e. The average Bonchev–Trinajstić information content (AvgIpc) is 2.48. The molecule has 112 valence electrons. The van der Waals surface area contributed by atoms with Crippen LogP contribution in [0.3, 0.4) is 0 Å². The number of hydrogen-bond acceptors (Lipinski definition) is 4. The molecule has 2 N–H and O–H groups in total. The standard InChI is InChI=1S/C15H12N2O5/c1-9-2-4-10(5-3-9)16-14(18)13-8-11(17(21)22)6-7-12(13)15(19)20/h2-8H,1H3,(H,16,18)(H,19,20). The maximum atomic E-state index is 12.2. The molecule has 0 atom stereocenters. The van der Waals surface area contributed by atoms with Gasteiger partial charge < -0.3 is 10.4 Å². The number of nitro benzene ring substituents is 1. The molecular weight excluding hydrogens is 288 g/mol. The predicted octanol–water partition coefficient (Wildman–Crippen LogP) is 2.85. The highest BCUT2D eigenvalue weighted by molar-refractivity contribution is 6.11. The molecule has 0 bridgehead atoms. The minimum Gasteiger partial charge on any atom is -0.478 e. The summed E-state index contributed by atoms with van der Waals surface area (Å²) >= 11 is 0. The zero-order valence-corrected chi connectivity index (χ0v) is 11.6. The van der Waals surface area contributed by atoms with Crippen molar-refractivity contribution in [1.82, 2.24) is 0 Å². The number of nitro groups is 1. The van der Waals surface area contributed by atoms with Gasteiger partial charge in [0.15, 0.2) is 0 Å². The molecular formula is C15H12N2O5. The number of non-ortho nitro benzene ring substituents is 1. The van der Waals surface area contributed by atoms with Gasteiger partial charge in [0.05, 0.1) is 16.1 Å².